The molecule has 6 heteroatoms. The number of carbonyl (C=O) groups is 1. The number of carbonyl (C=O) groups excluding carboxylic acids is 1. The molecule has 0 bridgehead atoms. The lowest BCUT2D eigenvalue weighted by atomic mass is 10.2. The Morgan fingerprint density at radius 1 is 1.33 bits per heavy atom. The van der Waals surface area contributed by atoms with Crippen molar-refractivity contribution in [2.75, 3.05) is 12.4 Å². The zero-order valence-electron chi connectivity index (χ0n) is 11.8. The molecular weight excluding hydrogens is 290 g/mol. The average Bonchev–Trinajstić information content (AvgIpc) is 2.48. The number of urea groups is 1. The molecule has 2 N–H and O–H groups in total. The number of amides is 2. The fourth-order valence-electron chi connectivity index (χ4n) is 1.84. The summed E-state index contributed by atoms with van der Waals surface area (Å²) in [6.45, 7) is 1.86. The Bertz CT molecular complexity index is 620. The monoisotopic (exact) mass is 305 g/mol. The summed E-state index contributed by atoms with van der Waals surface area (Å²) in [5.41, 5.74) is 1.29. The molecule has 0 saturated heterocycles. The molecule has 1 heterocycles. The first kappa shape index (κ1) is 15.1. The summed E-state index contributed by atoms with van der Waals surface area (Å²) in [4.78, 5) is 16.2. The number of pyridine rings is 1. The van der Waals surface area contributed by atoms with Gasteiger partial charge in [0.2, 0.25) is 0 Å². The molecule has 1 aromatic heterocycles. The van der Waals surface area contributed by atoms with Gasteiger partial charge in [-0.05, 0) is 37.3 Å². The molecule has 21 heavy (non-hydrogen) atoms. The minimum Gasteiger partial charge on any atom is -0.495 e. The zero-order valence-corrected chi connectivity index (χ0v) is 12.5. The van der Waals surface area contributed by atoms with Crippen LogP contribution in [0.5, 0.6) is 5.75 Å². The van der Waals surface area contributed by atoms with E-state index in [1.807, 2.05) is 25.1 Å². The number of anilines is 1. The van der Waals surface area contributed by atoms with Crippen molar-refractivity contribution in [3.8, 4) is 5.75 Å². The molecule has 2 amide bonds. The summed E-state index contributed by atoms with van der Waals surface area (Å²) in [6, 6.07) is 10.0. The fraction of sp³-hybridized carbons (Fsp3) is 0.200. The van der Waals surface area contributed by atoms with Gasteiger partial charge in [-0.2, -0.15) is 0 Å². The van der Waals surface area contributed by atoms with Gasteiger partial charge in [0, 0.05) is 11.2 Å². The summed E-state index contributed by atoms with van der Waals surface area (Å²) in [6.07, 6.45) is 1.69. The van der Waals surface area contributed by atoms with E-state index in [-0.39, 0.29) is 12.1 Å². The van der Waals surface area contributed by atoms with Gasteiger partial charge in [-0.3, -0.25) is 4.98 Å². The Kier molecular flexibility index (Phi) is 5.00. The van der Waals surface area contributed by atoms with Crippen molar-refractivity contribution in [1.82, 2.24) is 10.3 Å². The minimum absolute atomic E-state index is 0.212. The smallest absolute Gasteiger partial charge is 0.319 e. The molecule has 110 valence electrons. The van der Waals surface area contributed by atoms with Gasteiger partial charge in [0.1, 0.15) is 5.75 Å². The van der Waals surface area contributed by atoms with E-state index < -0.39 is 0 Å². The van der Waals surface area contributed by atoms with Crippen LogP contribution in [0.15, 0.2) is 42.6 Å². The first-order chi connectivity index (χ1) is 10.1. The molecule has 0 saturated carbocycles. The lowest BCUT2D eigenvalue weighted by molar-refractivity contribution is 0.249. The highest BCUT2D eigenvalue weighted by molar-refractivity contribution is 6.31. The van der Waals surface area contributed by atoms with Crippen LogP contribution in [0.25, 0.3) is 0 Å². The SMILES string of the molecule is COc1ccc(Cl)cc1NC(=O)N[C@@H](C)c1ccccn1. The molecule has 1 atom stereocenters. The standard InChI is InChI=1S/C15H16ClN3O2/c1-10(12-5-3-4-8-17-12)18-15(20)19-13-9-11(16)6-7-14(13)21-2/h3-10H,1-2H3,(H2,18,19,20)/t10-/m0/s1. The maximum absolute atomic E-state index is 12.0. The summed E-state index contributed by atoms with van der Waals surface area (Å²) in [7, 11) is 1.53. The lowest BCUT2D eigenvalue weighted by Gasteiger charge is -2.15. The number of ether oxygens (including phenoxy) is 1. The van der Waals surface area contributed by atoms with E-state index in [9.17, 15) is 4.79 Å². The van der Waals surface area contributed by atoms with Crippen molar-refractivity contribution in [3.05, 3.63) is 53.3 Å². The molecule has 0 unspecified atom stereocenters. The second-order valence-electron chi connectivity index (χ2n) is 4.42. The summed E-state index contributed by atoms with van der Waals surface area (Å²) >= 11 is 5.92. The van der Waals surface area contributed by atoms with Crippen molar-refractivity contribution < 1.29 is 9.53 Å². The highest BCUT2D eigenvalue weighted by Crippen LogP contribution is 2.27. The van der Waals surface area contributed by atoms with Gasteiger partial charge in [0.15, 0.2) is 0 Å². The highest BCUT2D eigenvalue weighted by atomic mass is 35.5. The van der Waals surface area contributed by atoms with E-state index in [1.165, 1.54) is 7.11 Å². The van der Waals surface area contributed by atoms with Crippen molar-refractivity contribution in [2.24, 2.45) is 0 Å². The molecule has 0 spiro atoms. The Morgan fingerprint density at radius 3 is 2.81 bits per heavy atom. The van der Waals surface area contributed by atoms with E-state index in [4.69, 9.17) is 16.3 Å². The third-order valence-electron chi connectivity index (χ3n) is 2.89. The van der Waals surface area contributed by atoms with E-state index in [1.54, 1.807) is 24.4 Å². The van der Waals surface area contributed by atoms with Gasteiger partial charge in [-0.15, -0.1) is 0 Å². The summed E-state index contributed by atoms with van der Waals surface area (Å²) < 4.78 is 5.18. The number of hydrogen-bond acceptors (Lipinski definition) is 3. The molecule has 0 aliphatic carbocycles. The Morgan fingerprint density at radius 2 is 2.14 bits per heavy atom. The van der Waals surface area contributed by atoms with Crippen LogP contribution in [0.4, 0.5) is 10.5 Å². The van der Waals surface area contributed by atoms with E-state index >= 15 is 0 Å². The second kappa shape index (κ2) is 6.95. The number of halogens is 1. The van der Waals surface area contributed by atoms with Gasteiger partial charge >= 0.3 is 6.03 Å². The van der Waals surface area contributed by atoms with Gasteiger partial charge in [-0.1, -0.05) is 17.7 Å². The number of rotatable bonds is 4. The van der Waals surface area contributed by atoms with Crippen LogP contribution in [0.2, 0.25) is 5.02 Å². The zero-order chi connectivity index (χ0) is 15.2. The maximum atomic E-state index is 12.0. The van der Waals surface area contributed by atoms with Crippen LogP contribution >= 0.6 is 11.6 Å². The Balaban J connectivity index is 2.04. The molecule has 0 aliphatic rings. The van der Waals surface area contributed by atoms with Crippen molar-refractivity contribution in [2.45, 2.75) is 13.0 Å². The van der Waals surface area contributed by atoms with Crippen molar-refractivity contribution in [1.29, 1.82) is 0 Å². The first-order valence-corrected chi connectivity index (χ1v) is 6.80. The minimum atomic E-state index is -0.353. The third-order valence-corrected chi connectivity index (χ3v) is 3.12. The number of aromatic nitrogens is 1. The molecule has 5 nitrogen and oxygen atoms in total. The molecule has 0 fully saturated rings. The van der Waals surface area contributed by atoms with Gasteiger partial charge in [0.05, 0.1) is 24.5 Å². The predicted molar refractivity (Wildman–Crippen MR) is 82.8 cm³/mol. The van der Waals surface area contributed by atoms with Crippen LogP contribution < -0.4 is 15.4 Å². The quantitative estimate of drug-likeness (QED) is 0.906. The van der Waals surface area contributed by atoms with Gasteiger partial charge < -0.3 is 15.4 Å². The van der Waals surface area contributed by atoms with Crippen molar-refractivity contribution >= 4 is 23.3 Å². The van der Waals surface area contributed by atoms with Crippen LogP contribution in [0.3, 0.4) is 0 Å². The van der Waals surface area contributed by atoms with Crippen LogP contribution in [-0.4, -0.2) is 18.1 Å². The predicted octanol–water partition coefficient (Wildman–Crippen LogP) is 3.63. The molecular formula is C15H16ClN3O2. The Hall–Kier alpha value is -2.27. The van der Waals surface area contributed by atoms with Crippen molar-refractivity contribution in [3.63, 3.8) is 0 Å². The summed E-state index contributed by atoms with van der Waals surface area (Å²) in [5.74, 6) is 0.542. The average molecular weight is 306 g/mol. The topological polar surface area (TPSA) is 63.2 Å². The molecule has 1 aromatic carbocycles. The second-order valence-corrected chi connectivity index (χ2v) is 4.86. The third kappa shape index (κ3) is 4.10. The van der Waals surface area contributed by atoms with E-state index in [0.717, 1.165) is 5.69 Å². The summed E-state index contributed by atoms with van der Waals surface area (Å²) in [5, 5.41) is 6.04. The van der Waals surface area contributed by atoms with Crippen LogP contribution in [0, 0.1) is 0 Å². The molecule has 2 rings (SSSR count). The number of hydrogen-bond donors (Lipinski definition) is 2. The Labute approximate surface area is 128 Å². The van der Waals surface area contributed by atoms with Crippen LogP contribution in [0.1, 0.15) is 18.7 Å². The molecule has 0 aliphatic heterocycles. The van der Waals surface area contributed by atoms with Gasteiger partial charge in [0.25, 0.3) is 0 Å². The largest absolute Gasteiger partial charge is 0.495 e. The lowest BCUT2D eigenvalue weighted by Crippen LogP contribution is -2.31. The number of benzene rings is 1. The van der Waals surface area contributed by atoms with Gasteiger partial charge in [-0.25, -0.2) is 4.79 Å². The fourth-order valence-corrected chi connectivity index (χ4v) is 2.01. The number of methoxy groups -OCH3 is 1. The maximum Gasteiger partial charge on any atom is 0.319 e. The van der Waals surface area contributed by atoms with E-state index in [2.05, 4.69) is 15.6 Å². The molecule has 0 radical (unpaired) electrons. The number of nitrogens with zero attached hydrogens (tertiary/aromatic N) is 1. The van der Waals surface area contributed by atoms with Crippen LogP contribution in [-0.2, 0) is 0 Å². The normalized spacial score (nSPS) is 11.6. The molecule has 2 aromatic rings. The first-order valence-electron chi connectivity index (χ1n) is 6.42. The number of nitrogens with one attached hydrogen (secondary N) is 2. The highest BCUT2D eigenvalue weighted by Gasteiger charge is 2.12. The van der Waals surface area contributed by atoms with E-state index in [0.29, 0.717) is 16.5 Å².